The van der Waals surface area contributed by atoms with E-state index in [4.69, 9.17) is 4.74 Å². The van der Waals surface area contributed by atoms with Crippen LogP contribution in [0.1, 0.15) is 34.9 Å². The van der Waals surface area contributed by atoms with Crippen LogP contribution in [-0.4, -0.2) is 18.3 Å². The average Bonchev–Trinajstić information content (AvgIpc) is 2.94. The SMILES string of the molecule is Cc1ccsc1C(O)C1(c2ccccc2)CCOCC1. The Hall–Kier alpha value is -1.16. The minimum atomic E-state index is -0.450. The van der Waals surface area contributed by atoms with E-state index in [0.717, 1.165) is 30.9 Å². The summed E-state index contributed by atoms with van der Waals surface area (Å²) in [6.45, 7) is 3.51. The van der Waals surface area contributed by atoms with Gasteiger partial charge >= 0.3 is 0 Å². The van der Waals surface area contributed by atoms with Crippen molar-refractivity contribution in [1.82, 2.24) is 0 Å². The molecule has 3 heteroatoms. The molecule has 1 atom stereocenters. The fraction of sp³-hybridized carbons (Fsp3) is 0.412. The second-order valence-electron chi connectivity index (χ2n) is 5.50. The Morgan fingerprint density at radius 3 is 2.45 bits per heavy atom. The summed E-state index contributed by atoms with van der Waals surface area (Å²) in [4.78, 5) is 1.09. The number of hydrogen-bond donors (Lipinski definition) is 1. The molecule has 106 valence electrons. The van der Waals surface area contributed by atoms with Crippen molar-refractivity contribution in [2.75, 3.05) is 13.2 Å². The molecule has 0 bridgehead atoms. The lowest BCUT2D eigenvalue weighted by Gasteiger charge is -2.41. The van der Waals surface area contributed by atoms with E-state index < -0.39 is 6.10 Å². The van der Waals surface area contributed by atoms with Crippen LogP contribution in [0.3, 0.4) is 0 Å². The van der Waals surface area contributed by atoms with E-state index in [1.807, 2.05) is 6.07 Å². The molecule has 0 radical (unpaired) electrons. The van der Waals surface area contributed by atoms with Gasteiger partial charge < -0.3 is 9.84 Å². The minimum absolute atomic E-state index is 0.213. The van der Waals surface area contributed by atoms with Crippen LogP contribution in [0.5, 0.6) is 0 Å². The number of aliphatic hydroxyl groups excluding tert-OH is 1. The van der Waals surface area contributed by atoms with E-state index in [0.29, 0.717) is 0 Å². The number of hydrogen-bond acceptors (Lipinski definition) is 3. The molecule has 1 aromatic carbocycles. The van der Waals surface area contributed by atoms with Gasteiger partial charge in [-0.2, -0.15) is 0 Å². The monoisotopic (exact) mass is 288 g/mol. The summed E-state index contributed by atoms with van der Waals surface area (Å²) in [6.07, 6.45) is 1.29. The fourth-order valence-corrected chi connectivity index (χ4v) is 4.17. The Morgan fingerprint density at radius 1 is 1.15 bits per heavy atom. The van der Waals surface area contributed by atoms with Gasteiger partial charge in [0.2, 0.25) is 0 Å². The van der Waals surface area contributed by atoms with E-state index in [1.165, 1.54) is 11.1 Å². The molecule has 1 saturated heterocycles. The largest absolute Gasteiger partial charge is 0.387 e. The molecule has 2 nitrogen and oxygen atoms in total. The molecule has 1 aliphatic rings. The van der Waals surface area contributed by atoms with Gasteiger partial charge in [-0.1, -0.05) is 30.3 Å². The normalized spacial score (nSPS) is 19.7. The number of aryl methyl sites for hydroxylation is 1. The first-order chi connectivity index (χ1) is 9.74. The molecule has 1 unspecified atom stereocenters. The minimum Gasteiger partial charge on any atom is -0.387 e. The smallest absolute Gasteiger partial charge is 0.0982 e. The van der Waals surface area contributed by atoms with Crippen LogP contribution in [0, 0.1) is 6.92 Å². The van der Waals surface area contributed by atoms with Gasteiger partial charge in [-0.3, -0.25) is 0 Å². The Labute approximate surface area is 124 Å². The summed E-state index contributed by atoms with van der Waals surface area (Å²) in [5.74, 6) is 0. The lowest BCUT2D eigenvalue weighted by Crippen LogP contribution is -2.39. The van der Waals surface area contributed by atoms with E-state index in [1.54, 1.807) is 11.3 Å². The lowest BCUT2D eigenvalue weighted by atomic mass is 9.69. The van der Waals surface area contributed by atoms with Gasteiger partial charge in [-0.25, -0.2) is 0 Å². The predicted octanol–water partition coefficient (Wildman–Crippen LogP) is 3.84. The highest BCUT2D eigenvalue weighted by atomic mass is 32.1. The predicted molar refractivity (Wildman–Crippen MR) is 82.2 cm³/mol. The molecule has 1 fully saturated rings. The van der Waals surface area contributed by atoms with Crippen LogP contribution in [0.4, 0.5) is 0 Å². The molecule has 1 aliphatic heterocycles. The Kier molecular flexibility index (Phi) is 3.92. The Morgan fingerprint density at radius 2 is 1.85 bits per heavy atom. The molecular formula is C17H20O2S. The van der Waals surface area contributed by atoms with Crippen LogP contribution >= 0.6 is 11.3 Å². The summed E-state index contributed by atoms with van der Waals surface area (Å²) in [7, 11) is 0. The molecule has 3 rings (SSSR count). The van der Waals surface area contributed by atoms with Crippen molar-refractivity contribution in [2.45, 2.75) is 31.3 Å². The number of benzene rings is 1. The van der Waals surface area contributed by atoms with Gasteiger partial charge in [0.1, 0.15) is 0 Å². The molecule has 1 N–H and O–H groups in total. The Bertz CT molecular complexity index is 555. The van der Waals surface area contributed by atoms with E-state index >= 15 is 0 Å². The van der Waals surface area contributed by atoms with Crippen molar-refractivity contribution < 1.29 is 9.84 Å². The Balaban J connectivity index is 2.04. The maximum atomic E-state index is 11.1. The molecule has 1 aromatic heterocycles. The zero-order valence-corrected chi connectivity index (χ0v) is 12.5. The maximum absolute atomic E-state index is 11.1. The standard InChI is InChI=1S/C17H20O2S/c1-13-7-12-20-15(13)16(18)17(8-10-19-11-9-17)14-5-3-2-4-6-14/h2-7,12,16,18H,8-11H2,1H3. The second-order valence-corrected chi connectivity index (χ2v) is 6.45. The molecular weight excluding hydrogens is 268 g/mol. The van der Waals surface area contributed by atoms with Gasteiger partial charge in [0.05, 0.1) is 6.10 Å². The highest BCUT2D eigenvalue weighted by Crippen LogP contribution is 2.46. The summed E-state index contributed by atoms with van der Waals surface area (Å²) < 4.78 is 5.54. The molecule has 0 aliphatic carbocycles. The molecule has 2 heterocycles. The van der Waals surface area contributed by atoms with Crippen molar-refractivity contribution in [1.29, 1.82) is 0 Å². The quantitative estimate of drug-likeness (QED) is 0.930. The second kappa shape index (κ2) is 5.68. The van der Waals surface area contributed by atoms with Crippen molar-refractivity contribution >= 4 is 11.3 Å². The van der Waals surface area contributed by atoms with Crippen LogP contribution in [-0.2, 0) is 10.2 Å². The number of thiophene rings is 1. The number of ether oxygens (including phenoxy) is 1. The third-order valence-corrected chi connectivity index (χ3v) is 5.48. The summed E-state index contributed by atoms with van der Waals surface area (Å²) in [5, 5.41) is 13.1. The van der Waals surface area contributed by atoms with E-state index in [2.05, 4.69) is 42.6 Å². The van der Waals surface area contributed by atoms with Crippen LogP contribution < -0.4 is 0 Å². The average molecular weight is 288 g/mol. The van der Waals surface area contributed by atoms with E-state index in [9.17, 15) is 5.11 Å². The molecule has 2 aromatic rings. The highest BCUT2D eigenvalue weighted by Gasteiger charge is 2.42. The highest BCUT2D eigenvalue weighted by molar-refractivity contribution is 7.10. The molecule has 0 spiro atoms. The molecule has 0 saturated carbocycles. The molecule has 20 heavy (non-hydrogen) atoms. The summed E-state index contributed by atoms with van der Waals surface area (Å²) in [6, 6.07) is 12.5. The van der Waals surface area contributed by atoms with Gasteiger partial charge in [-0.05, 0) is 42.3 Å². The van der Waals surface area contributed by atoms with Gasteiger partial charge in [0.15, 0.2) is 0 Å². The third-order valence-electron chi connectivity index (χ3n) is 4.41. The van der Waals surface area contributed by atoms with Crippen LogP contribution in [0.2, 0.25) is 0 Å². The number of rotatable bonds is 3. The number of aliphatic hydroxyl groups is 1. The van der Waals surface area contributed by atoms with Crippen molar-refractivity contribution in [2.24, 2.45) is 0 Å². The third kappa shape index (κ3) is 2.30. The van der Waals surface area contributed by atoms with Gasteiger partial charge in [-0.15, -0.1) is 11.3 Å². The summed E-state index contributed by atoms with van der Waals surface area (Å²) in [5.41, 5.74) is 2.20. The first-order valence-corrected chi connectivity index (χ1v) is 7.97. The van der Waals surface area contributed by atoms with E-state index in [-0.39, 0.29) is 5.41 Å². The van der Waals surface area contributed by atoms with Gasteiger partial charge in [0.25, 0.3) is 0 Å². The summed E-state index contributed by atoms with van der Waals surface area (Å²) >= 11 is 1.65. The van der Waals surface area contributed by atoms with Crippen molar-refractivity contribution in [3.05, 3.63) is 57.8 Å². The van der Waals surface area contributed by atoms with Crippen LogP contribution in [0.15, 0.2) is 41.8 Å². The van der Waals surface area contributed by atoms with Crippen LogP contribution in [0.25, 0.3) is 0 Å². The fourth-order valence-electron chi connectivity index (χ4n) is 3.14. The first kappa shape index (κ1) is 13.8. The molecule has 0 amide bonds. The maximum Gasteiger partial charge on any atom is 0.0982 e. The lowest BCUT2D eigenvalue weighted by molar-refractivity contribution is -0.0158. The van der Waals surface area contributed by atoms with Gasteiger partial charge in [0, 0.05) is 23.5 Å². The zero-order valence-electron chi connectivity index (χ0n) is 11.7. The van der Waals surface area contributed by atoms with Crippen molar-refractivity contribution in [3.8, 4) is 0 Å². The first-order valence-electron chi connectivity index (χ1n) is 7.09. The van der Waals surface area contributed by atoms with Crippen molar-refractivity contribution in [3.63, 3.8) is 0 Å². The topological polar surface area (TPSA) is 29.5 Å². The zero-order chi connectivity index (χ0) is 14.0.